The van der Waals surface area contributed by atoms with E-state index in [1.165, 1.54) is 183 Å². The summed E-state index contributed by atoms with van der Waals surface area (Å²) < 4.78 is 13.1. The Kier molecular flexibility index (Phi) is 32.4. The number of nitro groups is 1. The second kappa shape index (κ2) is 41.9. The lowest BCUT2D eigenvalue weighted by Gasteiger charge is -2.13. The van der Waals surface area contributed by atoms with Gasteiger partial charge in [-0.2, -0.15) is 0 Å². The molecule has 0 fully saturated rings. The van der Waals surface area contributed by atoms with E-state index >= 15 is 0 Å². The van der Waals surface area contributed by atoms with Crippen molar-refractivity contribution in [3.05, 3.63) is 82.9 Å². The molecule has 2 N–H and O–H groups in total. The predicted octanol–water partition coefficient (Wildman–Crippen LogP) is 27.3. The van der Waals surface area contributed by atoms with E-state index in [1.54, 1.807) is 6.07 Å². The molecule has 8 aromatic rings. The smallest absolute Gasteiger partial charge is 0.273 e. The first-order valence-electron chi connectivity index (χ1n) is 38.5. The number of aromatic amines is 2. The molecule has 0 spiro atoms. The summed E-state index contributed by atoms with van der Waals surface area (Å²) in [7, 11) is 0. The molecule has 0 saturated carbocycles. The molecule has 5 heterocycles. The first kappa shape index (κ1) is 78.2. The van der Waals surface area contributed by atoms with Gasteiger partial charge in [0.1, 0.15) is 28.3 Å². The van der Waals surface area contributed by atoms with Crippen LogP contribution in [-0.4, -0.2) is 85.9 Å². The fourth-order valence-electron chi connectivity index (χ4n) is 12.8. The fraction of sp³-hybridized carbons (Fsp3) is 0.537. The van der Waals surface area contributed by atoms with Crippen molar-refractivity contribution in [3.63, 3.8) is 0 Å². The van der Waals surface area contributed by atoms with Gasteiger partial charge in [-0.25, -0.2) is 29.9 Å². The van der Waals surface area contributed by atoms with Crippen molar-refractivity contribution in [2.24, 2.45) is 0 Å². The van der Waals surface area contributed by atoms with Crippen LogP contribution in [0.2, 0.25) is 0 Å². The van der Waals surface area contributed by atoms with E-state index in [1.807, 2.05) is 88.8 Å². The van der Waals surface area contributed by atoms with Crippen molar-refractivity contribution >= 4 is 120 Å². The van der Waals surface area contributed by atoms with Crippen LogP contribution in [0.1, 0.15) is 241 Å². The zero-order valence-corrected chi connectivity index (χ0v) is 66.2. The third-order valence-corrected chi connectivity index (χ3v) is 25.9. The number of aromatic nitrogens is 8. The van der Waals surface area contributed by atoms with Gasteiger partial charge < -0.3 is 19.4 Å². The summed E-state index contributed by atoms with van der Waals surface area (Å²) >= 11 is 11.8. The highest BCUT2D eigenvalue weighted by Crippen LogP contribution is 2.47. The molecule has 0 saturated heterocycles. The Morgan fingerprint density at radius 3 is 1.01 bits per heavy atom. The lowest BCUT2D eigenvalue weighted by atomic mass is 10.1. The van der Waals surface area contributed by atoms with E-state index in [0.29, 0.717) is 69.7 Å². The molecule has 0 aliphatic carbocycles. The van der Waals surface area contributed by atoms with Gasteiger partial charge in [-0.15, -0.1) is 70.6 Å². The van der Waals surface area contributed by atoms with Crippen molar-refractivity contribution in [1.29, 1.82) is 0 Å². The maximum atomic E-state index is 12.2. The minimum atomic E-state index is -0.390. The van der Waals surface area contributed by atoms with Gasteiger partial charge in [0.05, 0.1) is 17.6 Å². The SMILES string of the molecule is CCCCCCCCOc1cc([N+](=O)[O-])ccc1Oc1ccc2c3nc4nc(nc5[nH]c(nc6nc(nc([nH]3)c2c1)-c1cc(SCCCCCC)c(SCCCCCC)cc1-6)c1cc(SCCCCCC)c(SCCCCCC)cc51)-c1cc(SCCCCCC)c(SCCCCCC)cc1-4. The normalized spacial score (nSPS) is 11.9. The fourth-order valence-corrected chi connectivity index (χ4v) is 19.7. The van der Waals surface area contributed by atoms with Crippen molar-refractivity contribution < 1.29 is 14.4 Å². The third kappa shape index (κ3) is 22.1. The lowest BCUT2D eigenvalue weighted by molar-refractivity contribution is -0.385. The molecule has 542 valence electrons. The van der Waals surface area contributed by atoms with Gasteiger partial charge in [0.2, 0.25) is 0 Å². The molecule has 3 aromatic heterocycles. The number of H-pyrrole nitrogens is 2. The zero-order valence-electron chi connectivity index (χ0n) is 61.3. The number of non-ortho nitro benzene ring substituents is 1. The van der Waals surface area contributed by atoms with Gasteiger partial charge >= 0.3 is 0 Å². The zero-order chi connectivity index (χ0) is 70.6. The predicted molar refractivity (Wildman–Crippen MR) is 437 cm³/mol. The van der Waals surface area contributed by atoms with Crippen LogP contribution >= 0.6 is 70.6 Å². The van der Waals surface area contributed by atoms with Crippen LogP contribution in [0.15, 0.2) is 102 Å². The highest BCUT2D eigenvalue weighted by atomic mass is 32.2. The summed E-state index contributed by atoms with van der Waals surface area (Å²) in [5, 5.41) is 15.8. The number of fused-ring (bicyclic) bond motifs is 20. The van der Waals surface area contributed by atoms with Crippen LogP contribution in [0.5, 0.6) is 17.2 Å². The summed E-state index contributed by atoms with van der Waals surface area (Å²) in [6, 6.07) is 24.7. The maximum absolute atomic E-state index is 12.2. The first-order valence-corrected chi connectivity index (χ1v) is 44.4. The van der Waals surface area contributed by atoms with Crippen molar-refractivity contribution in [3.8, 4) is 62.8 Å². The number of thioether (sulfide) groups is 6. The first-order chi connectivity index (χ1) is 49.6. The standard InChI is InChI=1S/C82H109N9O4S6/c1-8-15-22-29-30-31-42-94-68-49-57(91(92)93)38-41-67(68)95-58-39-40-59-60(50-58)76-83-75(59)84-77-61-51-69(96-43-32-23-16-9-2)70(97-44-33-24-17-10-3)52-62(61)79(86-77)88-81-65-55-73(100-47-36-27-20-13-6)74(101-48-37-28-21-14-7)56-66(65)82(90-81)89-80-64-54-72(99-46-35-26-19-12-5)71(98-45-34-25-18-11-4)53-63(64)78(85-76)87-80/h38-41,49-56H,8-37,42-48H2,1-7H3,(H2,83,84,85,86,87,88,89,90). The van der Waals surface area contributed by atoms with Crippen LogP contribution in [0.3, 0.4) is 0 Å². The minimum absolute atomic E-state index is 0.0616. The highest BCUT2D eigenvalue weighted by molar-refractivity contribution is 8.03. The molecule has 19 heteroatoms. The van der Waals surface area contributed by atoms with E-state index in [-0.39, 0.29) is 10.6 Å². The summed E-state index contributed by atoms with van der Waals surface area (Å²) in [5.74, 6) is 9.72. The molecule has 0 atom stereocenters. The Balaban J connectivity index is 1.23. The molecule has 0 amide bonds. The average Bonchev–Trinajstić information content (AvgIpc) is 1.60. The Morgan fingerprint density at radius 1 is 0.337 bits per heavy atom. The maximum Gasteiger partial charge on any atom is 0.273 e. The van der Waals surface area contributed by atoms with Gasteiger partial charge in [-0.1, -0.05) is 196 Å². The average molecular weight is 1480 g/mol. The van der Waals surface area contributed by atoms with Gasteiger partial charge in [-0.3, -0.25) is 10.1 Å². The number of hydrogen-bond acceptors (Lipinski definition) is 16. The number of nitrogens with zero attached hydrogens (tertiary/aromatic N) is 7. The van der Waals surface area contributed by atoms with Crippen LogP contribution in [-0.2, 0) is 0 Å². The summed E-state index contributed by atoms with van der Waals surface area (Å²) in [6.07, 6.45) is 35.4. The number of unbranched alkanes of at least 4 members (excludes halogenated alkanes) is 23. The van der Waals surface area contributed by atoms with Crippen molar-refractivity contribution in [2.75, 3.05) is 41.1 Å². The van der Waals surface area contributed by atoms with Gasteiger partial charge in [0.15, 0.2) is 34.8 Å². The van der Waals surface area contributed by atoms with Crippen molar-refractivity contribution in [1.82, 2.24) is 39.9 Å². The molecule has 2 aliphatic rings. The number of rotatable bonds is 47. The van der Waals surface area contributed by atoms with E-state index in [0.717, 1.165) is 130 Å². The highest BCUT2D eigenvalue weighted by Gasteiger charge is 2.27. The second-order valence-electron chi connectivity index (χ2n) is 26.9. The number of benzene rings is 5. The van der Waals surface area contributed by atoms with E-state index in [4.69, 9.17) is 39.4 Å². The van der Waals surface area contributed by atoms with Gasteiger partial charge in [0, 0.05) is 79.2 Å². The quantitative estimate of drug-likeness (QED) is 0.0160. The molecule has 5 aromatic carbocycles. The number of ether oxygens (including phenoxy) is 2. The number of hydrogen-bond donors (Lipinski definition) is 2. The van der Waals surface area contributed by atoms with Gasteiger partial charge in [-0.05, 0) is 140 Å². The summed E-state index contributed by atoms with van der Waals surface area (Å²) in [6.45, 7) is 16.3. The van der Waals surface area contributed by atoms with Gasteiger partial charge in [0.25, 0.3) is 5.69 Å². The van der Waals surface area contributed by atoms with Crippen LogP contribution in [0, 0.1) is 10.1 Å². The topological polar surface area (TPSA) is 171 Å². The Hall–Kier alpha value is -5.44. The molecule has 10 rings (SSSR count). The molecule has 101 heavy (non-hydrogen) atoms. The molecular formula is C82H109N9O4S6. The molecule has 0 unspecified atom stereocenters. The van der Waals surface area contributed by atoms with Crippen LogP contribution in [0.4, 0.5) is 5.69 Å². The summed E-state index contributed by atoms with van der Waals surface area (Å²) in [4.78, 5) is 60.9. The minimum Gasteiger partial charge on any atom is -0.489 e. The lowest BCUT2D eigenvalue weighted by Crippen LogP contribution is -2.00. The second-order valence-corrected chi connectivity index (χ2v) is 33.7. The van der Waals surface area contributed by atoms with Crippen LogP contribution in [0.25, 0.3) is 89.7 Å². The number of nitrogens with one attached hydrogen (secondary N) is 2. The van der Waals surface area contributed by atoms with Crippen LogP contribution < -0.4 is 9.47 Å². The number of nitro benzene ring substituents is 1. The Bertz CT molecular complexity index is 4160. The van der Waals surface area contributed by atoms with Crippen molar-refractivity contribution in [2.45, 2.75) is 270 Å². The monoisotopic (exact) mass is 1480 g/mol. The molecule has 0 radical (unpaired) electrons. The van der Waals surface area contributed by atoms with E-state index in [9.17, 15) is 10.1 Å². The summed E-state index contributed by atoms with van der Waals surface area (Å²) in [5.41, 5.74) is 6.23. The third-order valence-electron chi connectivity index (χ3n) is 18.6. The molecular weight excluding hydrogens is 1370 g/mol. The van der Waals surface area contributed by atoms with E-state index < -0.39 is 0 Å². The molecule has 2 aliphatic heterocycles. The molecule has 8 bridgehead atoms. The van der Waals surface area contributed by atoms with E-state index in [2.05, 4.69) is 94.8 Å². The Labute approximate surface area is 627 Å². The Morgan fingerprint density at radius 2 is 0.653 bits per heavy atom. The molecule has 13 nitrogen and oxygen atoms in total. The largest absolute Gasteiger partial charge is 0.489 e.